The largest absolute Gasteiger partial charge is 0.255 e. The fourth-order valence-electron chi connectivity index (χ4n) is 2.36. The van der Waals surface area contributed by atoms with Gasteiger partial charge in [0.2, 0.25) is 0 Å². The first-order valence-electron chi connectivity index (χ1n) is 6.75. The molecule has 0 aliphatic rings. The van der Waals surface area contributed by atoms with Crippen LogP contribution in [-0.4, -0.2) is 15.2 Å². The molecular weight excluding hydrogens is 314 g/mol. The van der Waals surface area contributed by atoms with Gasteiger partial charge >= 0.3 is 0 Å². The smallest absolute Gasteiger partial charge is 0.159 e. The average molecular weight is 324 g/mol. The molecule has 3 nitrogen and oxygen atoms in total. The topological polar surface area (TPSA) is 38.7 Å². The van der Waals surface area contributed by atoms with Crippen LogP contribution in [0.25, 0.3) is 31.9 Å². The fraction of sp³-hybridized carbons (Fsp3) is 0. The van der Waals surface area contributed by atoms with Crippen LogP contribution in [0.1, 0.15) is 0 Å². The number of aromatic nitrogens is 3. The van der Waals surface area contributed by atoms with Crippen molar-refractivity contribution in [1.29, 1.82) is 0 Å². The van der Waals surface area contributed by atoms with Crippen molar-refractivity contribution in [2.75, 3.05) is 0 Å². The molecule has 0 spiro atoms. The van der Waals surface area contributed by atoms with Crippen molar-refractivity contribution in [2.45, 2.75) is 0 Å². The van der Waals surface area contributed by atoms with Crippen LogP contribution in [0.15, 0.2) is 60.8 Å². The Morgan fingerprint density at radius 2 is 1.55 bits per heavy atom. The Bertz CT molecular complexity index is 950. The third-order valence-corrected chi connectivity index (χ3v) is 4.79. The summed E-state index contributed by atoms with van der Waals surface area (Å²) < 4.78 is 0. The summed E-state index contributed by atoms with van der Waals surface area (Å²) in [5, 5.41) is 10.7. The highest BCUT2D eigenvalue weighted by Crippen LogP contribution is 2.36. The van der Waals surface area contributed by atoms with E-state index in [1.165, 1.54) is 0 Å². The van der Waals surface area contributed by atoms with Crippen molar-refractivity contribution in [3.05, 3.63) is 65.9 Å². The van der Waals surface area contributed by atoms with Crippen molar-refractivity contribution in [1.82, 2.24) is 15.2 Å². The van der Waals surface area contributed by atoms with Crippen LogP contribution in [0.2, 0.25) is 5.15 Å². The minimum absolute atomic E-state index is 0.431. The summed E-state index contributed by atoms with van der Waals surface area (Å²) in [5.41, 5.74) is 1.82. The molecule has 0 saturated carbocycles. The lowest BCUT2D eigenvalue weighted by molar-refractivity contribution is 1.06. The second-order valence-corrected chi connectivity index (χ2v) is 6.21. The Labute approximate surface area is 136 Å². The molecule has 0 saturated heterocycles. The number of pyridine rings is 1. The molecule has 0 amide bonds. The first-order chi connectivity index (χ1) is 10.8. The Balaban J connectivity index is 1.87. The maximum absolute atomic E-state index is 6.14. The van der Waals surface area contributed by atoms with Gasteiger partial charge in [-0.3, -0.25) is 4.98 Å². The maximum Gasteiger partial charge on any atom is 0.159 e. The zero-order valence-corrected chi connectivity index (χ0v) is 13.0. The van der Waals surface area contributed by atoms with Crippen LogP contribution in [0.5, 0.6) is 0 Å². The van der Waals surface area contributed by atoms with Crippen molar-refractivity contribution >= 4 is 33.7 Å². The van der Waals surface area contributed by atoms with Gasteiger partial charge in [0.1, 0.15) is 5.69 Å². The molecule has 0 atom stereocenters. The normalized spacial score (nSPS) is 11.0. The van der Waals surface area contributed by atoms with E-state index in [0.29, 0.717) is 5.15 Å². The molecule has 3 heterocycles. The van der Waals surface area contributed by atoms with Crippen molar-refractivity contribution < 1.29 is 0 Å². The van der Waals surface area contributed by atoms with Gasteiger partial charge in [0.15, 0.2) is 5.15 Å². The number of benzene rings is 1. The van der Waals surface area contributed by atoms with Crippen molar-refractivity contribution in [2.24, 2.45) is 0 Å². The van der Waals surface area contributed by atoms with Gasteiger partial charge < -0.3 is 0 Å². The van der Waals surface area contributed by atoms with Gasteiger partial charge in [-0.05, 0) is 24.3 Å². The minimum atomic E-state index is 0.431. The van der Waals surface area contributed by atoms with Crippen LogP contribution in [0.3, 0.4) is 0 Å². The Morgan fingerprint density at radius 1 is 0.773 bits per heavy atom. The van der Waals surface area contributed by atoms with Gasteiger partial charge in [0, 0.05) is 17.0 Å². The standard InChI is InChI=1S/C17H10ClN3S/c18-17-12-6-2-1-5-11(12)16(20-21-17)15-9-8-14(22-15)13-7-3-4-10-19-13/h1-10H. The first-order valence-corrected chi connectivity index (χ1v) is 7.95. The molecule has 5 heteroatoms. The second kappa shape index (κ2) is 5.48. The molecule has 0 unspecified atom stereocenters. The number of rotatable bonds is 2. The molecule has 1 aromatic carbocycles. The molecule has 4 aromatic rings. The number of halogens is 1. The Morgan fingerprint density at radius 3 is 2.36 bits per heavy atom. The molecule has 22 heavy (non-hydrogen) atoms. The molecule has 3 aromatic heterocycles. The summed E-state index contributed by atoms with van der Waals surface area (Å²) in [6, 6.07) is 17.9. The lowest BCUT2D eigenvalue weighted by Gasteiger charge is -2.03. The number of nitrogens with zero attached hydrogens (tertiary/aromatic N) is 3. The molecule has 0 radical (unpaired) electrons. The van der Waals surface area contributed by atoms with Gasteiger partial charge in [-0.1, -0.05) is 41.9 Å². The number of thiophene rings is 1. The second-order valence-electron chi connectivity index (χ2n) is 4.76. The van der Waals surface area contributed by atoms with Crippen LogP contribution < -0.4 is 0 Å². The number of hydrogen-bond acceptors (Lipinski definition) is 4. The quantitative estimate of drug-likeness (QED) is 0.516. The van der Waals surface area contributed by atoms with Crippen molar-refractivity contribution in [3.63, 3.8) is 0 Å². The van der Waals surface area contributed by atoms with E-state index in [9.17, 15) is 0 Å². The number of hydrogen-bond donors (Lipinski definition) is 0. The third kappa shape index (κ3) is 2.26. The molecule has 0 aliphatic heterocycles. The summed E-state index contributed by atoms with van der Waals surface area (Å²) >= 11 is 7.79. The lowest BCUT2D eigenvalue weighted by Crippen LogP contribution is -1.89. The van der Waals surface area contributed by atoms with E-state index in [1.54, 1.807) is 17.5 Å². The lowest BCUT2D eigenvalue weighted by atomic mass is 10.1. The molecule has 0 bridgehead atoms. The molecule has 4 rings (SSSR count). The highest BCUT2D eigenvalue weighted by molar-refractivity contribution is 7.18. The van der Waals surface area contributed by atoms with E-state index in [-0.39, 0.29) is 0 Å². The molecule has 0 N–H and O–H groups in total. The molecule has 0 aliphatic carbocycles. The highest BCUT2D eigenvalue weighted by Gasteiger charge is 2.12. The van der Waals surface area contributed by atoms with Gasteiger partial charge in [-0.2, -0.15) is 0 Å². The van der Waals surface area contributed by atoms with Crippen LogP contribution >= 0.6 is 22.9 Å². The van der Waals surface area contributed by atoms with Gasteiger partial charge in [0.25, 0.3) is 0 Å². The van der Waals surface area contributed by atoms with E-state index < -0.39 is 0 Å². The monoisotopic (exact) mass is 323 g/mol. The van der Waals surface area contributed by atoms with Crippen molar-refractivity contribution in [3.8, 4) is 21.1 Å². The summed E-state index contributed by atoms with van der Waals surface area (Å²) in [6.45, 7) is 0. The average Bonchev–Trinajstić information content (AvgIpc) is 3.06. The van der Waals surface area contributed by atoms with Crippen LogP contribution in [-0.2, 0) is 0 Å². The zero-order valence-electron chi connectivity index (χ0n) is 11.4. The van der Waals surface area contributed by atoms with Crippen LogP contribution in [0.4, 0.5) is 0 Å². The maximum atomic E-state index is 6.14. The zero-order chi connectivity index (χ0) is 14.9. The molecule has 0 fully saturated rings. The minimum Gasteiger partial charge on any atom is -0.255 e. The SMILES string of the molecule is Clc1nnc(-c2ccc(-c3ccccn3)s2)c2ccccc12. The van der Waals surface area contributed by atoms with Gasteiger partial charge in [0.05, 0.1) is 15.4 Å². The third-order valence-electron chi connectivity index (χ3n) is 3.40. The predicted molar refractivity (Wildman–Crippen MR) is 91.1 cm³/mol. The van der Waals surface area contributed by atoms with E-state index >= 15 is 0 Å². The Kier molecular flexibility index (Phi) is 3.33. The van der Waals surface area contributed by atoms with E-state index in [4.69, 9.17) is 11.6 Å². The fourth-order valence-corrected chi connectivity index (χ4v) is 3.55. The first kappa shape index (κ1) is 13.4. The summed E-state index contributed by atoms with van der Waals surface area (Å²) in [4.78, 5) is 6.55. The van der Waals surface area contributed by atoms with E-state index in [0.717, 1.165) is 31.9 Å². The van der Waals surface area contributed by atoms with E-state index in [1.807, 2.05) is 42.5 Å². The summed E-state index contributed by atoms with van der Waals surface area (Å²) in [5.74, 6) is 0. The molecular formula is C17H10ClN3S. The predicted octanol–water partition coefficient (Wildman–Crippen LogP) is 5.07. The Hall–Kier alpha value is -2.30. The molecule has 106 valence electrons. The van der Waals surface area contributed by atoms with Gasteiger partial charge in [-0.25, -0.2) is 0 Å². The van der Waals surface area contributed by atoms with Gasteiger partial charge in [-0.15, -0.1) is 21.5 Å². The summed E-state index contributed by atoms with van der Waals surface area (Å²) in [6.07, 6.45) is 1.80. The summed E-state index contributed by atoms with van der Waals surface area (Å²) in [7, 11) is 0. The van der Waals surface area contributed by atoms with Crippen LogP contribution in [0, 0.1) is 0 Å². The van der Waals surface area contributed by atoms with E-state index in [2.05, 4.69) is 27.3 Å². The number of fused-ring (bicyclic) bond motifs is 1. The highest BCUT2D eigenvalue weighted by atomic mass is 35.5.